The van der Waals surface area contributed by atoms with Gasteiger partial charge in [0, 0.05) is 17.7 Å². The number of carbonyl (C=O) groups is 2. The van der Waals surface area contributed by atoms with Crippen LogP contribution in [0.4, 0.5) is 5.69 Å². The standard InChI is InChI=1S/C11H14N2O3/c12-9-4-2-1-3-8(9)10(16)5-11(13,6-14)7-15/h1-4,6,15H,5,7,12-13H2/t11-/m0/s1. The first-order chi connectivity index (χ1) is 7.52. The van der Waals surface area contributed by atoms with Gasteiger partial charge in [-0.05, 0) is 12.1 Å². The Morgan fingerprint density at radius 1 is 1.44 bits per heavy atom. The summed E-state index contributed by atoms with van der Waals surface area (Å²) < 4.78 is 0. The number of aliphatic hydroxyl groups excluding tert-OH is 1. The van der Waals surface area contributed by atoms with Crippen LogP contribution in [0.2, 0.25) is 0 Å². The van der Waals surface area contributed by atoms with E-state index >= 15 is 0 Å². The predicted octanol–water partition coefficient (Wildman–Crippen LogP) is -0.270. The molecule has 0 amide bonds. The fourth-order valence-electron chi connectivity index (χ4n) is 1.28. The van der Waals surface area contributed by atoms with Gasteiger partial charge >= 0.3 is 0 Å². The van der Waals surface area contributed by atoms with E-state index in [1.54, 1.807) is 24.3 Å². The molecule has 0 spiro atoms. The van der Waals surface area contributed by atoms with Crippen LogP contribution in [0.25, 0.3) is 0 Å². The first-order valence-corrected chi connectivity index (χ1v) is 4.76. The summed E-state index contributed by atoms with van der Waals surface area (Å²) in [6.45, 7) is -0.574. The van der Waals surface area contributed by atoms with E-state index in [1.807, 2.05) is 0 Å². The molecule has 1 rings (SSSR count). The fraction of sp³-hybridized carbons (Fsp3) is 0.273. The van der Waals surface area contributed by atoms with Crippen LogP contribution in [0.1, 0.15) is 16.8 Å². The molecule has 0 aliphatic carbocycles. The van der Waals surface area contributed by atoms with Gasteiger partial charge in [-0.3, -0.25) is 4.79 Å². The lowest BCUT2D eigenvalue weighted by atomic mass is 9.93. The molecule has 0 radical (unpaired) electrons. The number of carbonyl (C=O) groups excluding carboxylic acids is 2. The second-order valence-electron chi connectivity index (χ2n) is 3.70. The van der Waals surface area contributed by atoms with Gasteiger partial charge in [0.25, 0.3) is 0 Å². The summed E-state index contributed by atoms with van der Waals surface area (Å²) in [7, 11) is 0. The van der Waals surface area contributed by atoms with Crippen molar-refractivity contribution in [2.24, 2.45) is 5.73 Å². The van der Waals surface area contributed by atoms with Crippen molar-refractivity contribution in [3.8, 4) is 0 Å². The molecule has 0 heterocycles. The van der Waals surface area contributed by atoms with Gasteiger partial charge in [0.1, 0.15) is 11.8 Å². The molecule has 5 heteroatoms. The highest BCUT2D eigenvalue weighted by Crippen LogP contribution is 2.16. The van der Waals surface area contributed by atoms with Gasteiger partial charge in [-0.2, -0.15) is 0 Å². The predicted molar refractivity (Wildman–Crippen MR) is 59.9 cm³/mol. The van der Waals surface area contributed by atoms with Crippen molar-refractivity contribution in [1.29, 1.82) is 0 Å². The lowest BCUT2D eigenvalue weighted by Crippen LogP contribution is -2.47. The molecular formula is C11H14N2O3. The van der Waals surface area contributed by atoms with Crippen LogP contribution in [0.5, 0.6) is 0 Å². The maximum absolute atomic E-state index is 11.8. The third-order valence-electron chi connectivity index (χ3n) is 2.28. The van der Waals surface area contributed by atoms with Gasteiger partial charge in [0.15, 0.2) is 5.78 Å². The van der Waals surface area contributed by atoms with Gasteiger partial charge in [0.05, 0.1) is 6.61 Å². The minimum atomic E-state index is -1.53. The Kier molecular flexibility index (Phi) is 3.76. The minimum Gasteiger partial charge on any atom is -0.398 e. The van der Waals surface area contributed by atoms with Crippen molar-refractivity contribution >= 4 is 17.8 Å². The van der Waals surface area contributed by atoms with Crippen LogP contribution >= 0.6 is 0 Å². The third-order valence-corrected chi connectivity index (χ3v) is 2.28. The highest BCUT2D eigenvalue weighted by atomic mass is 16.3. The van der Waals surface area contributed by atoms with Gasteiger partial charge in [0.2, 0.25) is 0 Å². The average Bonchev–Trinajstić information content (AvgIpc) is 2.29. The Labute approximate surface area is 93.1 Å². The van der Waals surface area contributed by atoms with Crippen molar-refractivity contribution < 1.29 is 14.7 Å². The van der Waals surface area contributed by atoms with Crippen molar-refractivity contribution in [1.82, 2.24) is 0 Å². The van der Waals surface area contributed by atoms with Crippen LogP contribution in [-0.4, -0.2) is 29.3 Å². The van der Waals surface area contributed by atoms with E-state index < -0.39 is 12.1 Å². The Morgan fingerprint density at radius 3 is 2.56 bits per heavy atom. The van der Waals surface area contributed by atoms with E-state index in [0.717, 1.165) is 0 Å². The zero-order valence-corrected chi connectivity index (χ0v) is 8.72. The number of ketones is 1. The number of anilines is 1. The van der Waals surface area contributed by atoms with Crippen molar-refractivity contribution in [2.45, 2.75) is 12.0 Å². The Morgan fingerprint density at radius 2 is 2.06 bits per heavy atom. The number of para-hydroxylation sites is 1. The summed E-state index contributed by atoms with van der Waals surface area (Å²) in [5.74, 6) is -0.359. The van der Waals surface area contributed by atoms with Gasteiger partial charge in [-0.1, -0.05) is 12.1 Å². The average molecular weight is 222 g/mol. The molecular weight excluding hydrogens is 208 g/mol. The number of aliphatic hydroxyl groups is 1. The molecule has 0 saturated carbocycles. The molecule has 5 nitrogen and oxygen atoms in total. The number of rotatable bonds is 5. The summed E-state index contributed by atoms with van der Waals surface area (Å²) in [4.78, 5) is 22.4. The fourth-order valence-corrected chi connectivity index (χ4v) is 1.28. The Hall–Kier alpha value is -1.72. The number of hydrogen-bond donors (Lipinski definition) is 3. The van der Waals surface area contributed by atoms with E-state index in [1.165, 1.54) is 0 Å². The second-order valence-corrected chi connectivity index (χ2v) is 3.70. The van der Waals surface area contributed by atoms with Crippen LogP contribution in [0, 0.1) is 0 Å². The highest BCUT2D eigenvalue weighted by molar-refractivity contribution is 6.02. The van der Waals surface area contributed by atoms with E-state index in [9.17, 15) is 9.59 Å². The Balaban J connectivity index is 2.88. The molecule has 0 aliphatic rings. The quantitative estimate of drug-likeness (QED) is 0.361. The van der Waals surface area contributed by atoms with Crippen molar-refractivity contribution in [3.05, 3.63) is 29.8 Å². The lowest BCUT2D eigenvalue weighted by molar-refractivity contribution is -0.113. The number of aldehydes is 1. The van der Waals surface area contributed by atoms with Gasteiger partial charge in [-0.15, -0.1) is 0 Å². The maximum Gasteiger partial charge on any atom is 0.167 e. The maximum atomic E-state index is 11.8. The SMILES string of the molecule is Nc1ccccc1C(=O)C[C@](N)(C=O)CO. The molecule has 1 atom stereocenters. The van der Waals surface area contributed by atoms with Gasteiger partial charge < -0.3 is 21.4 Å². The second kappa shape index (κ2) is 4.87. The van der Waals surface area contributed by atoms with Crippen LogP contribution in [0.15, 0.2) is 24.3 Å². The van der Waals surface area contributed by atoms with Crippen LogP contribution < -0.4 is 11.5 Å². The topological polar surface area (TPSA) is 106 Å². The van der Waals surface area contributed by atoms with Crippen LogP contribution in [0.3, 0.4) is 0 Å². The van der Waals surface area contributed by atoms with Crippen molar-refractivity contribution in [2.75, 3.05) is 12.3 Å². The summed E-state index contributed by atoms with van der Waals surface area (Å²) in [5, 5.41) is 8.91. The molecule has 0 saturated heterocycles. The summed E-state index contributed by atoms with van der Waals surface area (Å²) in [6.07, 6.45) is 0.116. The number of nitrogen functional groups attached to an aromatic ring is 1. The molecule has 86 valence electrons. The Bertz CT molecular complexity index is 406. The molecule has 0 aliphatic heterocycles. The minimum absolute atomic E-state index is 0.263. The molecule has 0 fully saturated rings. The first-order valence-electron chi connectivity index (χ1n) is 4.76. The number of Topliss-reactive ketones (excluding diaryl/α,β-unsaturated/α-hetero) is 1. The third kappa shape index (κ3) is 2.65. The molecule has 5 N–H and O–H groups in total. The zero-order chi connectivity index (χ0) is 12.2. The molecule has 0 bridgehead atoms. The summed E-state index contributed by atoms with van der Waals surface area (Å²) in [6, 6.07) is 6.51. The van der Waals surface area contributed by atoms with E-state index in [2.05, 4.69) is 0 Å². The highest BCUT2D eigenvalue weighted by Gasteiger charge is 2.28. The van der Waals surface area contributed by atoms with E-state index in [0.29, 0.717) is 17.5 Å². The largest absolute Gasteiger partial charge is 0.398 e. The molecule has 1 aromatic carbocycles. The monoisotopic (exact) mass is 222 g/mol. The summed E-state index contributed by atoms with van der Waals surface area (Å²) >= 11 is 0. The molecule has 0 aromatic heterocycles. The molecule has 0 unspecified atom stereocenters. The smallest absolute Gasteiger partial charge is 0.167 e. The van der Waals surface area contributed by atoms with E-state index in [-0.39, 0.29) is 12.2 Å². The molecule has 1 aromatic rings. The zero-order valence-electron chi connectivity index (χ0n) is 8.72. The normalized spacial score (nSPS) is 14.1. The number of nitrogens with two attached hydrogens (primary N) is 2. The van der Waals surface area contributed by atoms with Crippen molar-refractivity contribution in [3.63, 3.8) is 0 Å². The number of benzene rings is 1. The van der Waals surface area contributed by atoms with Gasteiger partial charge in [-0.25, -0.2) is 0 Å². The van der Waals surface area contributed by atoms with E-state index in [4.69, 9.17) is 16.6 Å². The summed E-state index contributed by atoms with van der Waals surface area (Å²) in [5.41, 5.74) is 10.2. The van der Waals surface area contributed by atoms with Crippen LogP contribution in [-0.2, 0) is 4.79 Å². The number of hydrogen-bond acceptors (Lipinski definition) is 5. The lowest BCUT2D eigenvalue weighted by Gasteiger charge is -2.19. The first kappa shape index (κ1) is 12.4. The molecule has 16 heavy (non-hydrogen) atoms.